The highest BCUT2D eigenvalue weighted by Crippen LogP contribution is 2.29. The number of carbonyl (C=O) groups is 2. The number of methoxy groups -OCH3 is 1. The van der Waals surface area contributed by atoms with E-state index >= 15 is 0 Å². The first-order chi connectivity index (χ1) is 13.7. The molecule has 2 aromatic carbocycles. The summed E-state index contributed by atoms with van der Waals surface area (Å²) in [4.78, 5) is 36.6. The Hall–Kier alpha value is -3.17. The molecule has 2 amide bonds. The van der Waals surface area contributed by atoms with E-state index in [1.165, 1.54) is 25.3 Å². The van der Waals surface area contributed by atoms with Crippen molar-refractivity contribution in [1.29, 1.82) is 0 Å². The maximum atomic E-state index is 12.5. The van der Waals surface area contributed by atoms with Crippen LogP contribution in [-0.4, -0.2) is 48.4 Å². The second kappa shape index (κ2) is 9.85. The maximum absolute atomic E-state index is 12.5. The third-order valence-electron chi connectivity index (χ3n) is 4.22. The van der Waals surface area contributed by atoms with Crippen molar-refractivity contribution in [2.45, 2.75) is 13.0 Å². The third kappa shape index (κ3) is 6.16. The number of nitrogens with zero attached hydrogens (tertiary/aromatic N) is 2. The number of halogens is 1. The standard InChI is InChI=1S/C19H21ClN4O5/c1-12(23(2)11-18(25)21-14-6-4-13(20)5-7-14)19(26)22-16-9-8-15(24(27)28)10-17(16)29-3/h4-10,12H,11H2,1-3H3,(H,21,25)(H,22,26)/t12-/m0/s1. The van der Waals surface area contributed by atoms with Crippen LogP contribution in [0.25, 0.3) is 0 Å². The van der Waals surface area contributed by atoms with Crippen LogP contribution in [-0.2, 0) is 9.59 Å². The van der Waals surface area contributed by atoms with E-state index in [0.717, 1.165) is 0 Å². The van der Waals surface area contributed by atoms with Gasteiger partial charge in [-0.05, 0) is 44.3 Å². The van der Waals surface area contributed by atoms with Crippen LogP contribution in [0.4, 0.5) is 17.1 Å². The number of amides is 2. The summed E-state index contributed by atoms with van der Waals surface area (Å²) in [6.45, 7) is 1.62. The number of anilines is 2. The van der Waals surface area contributed by atoms with Crippen LogP contribution in [0.3, 0.4) is 0 Å². The molecule has 0 aromatic heterocycles. The van der Waals surface area contributed by atoms with Gasteiger partial charge in [-0.2, -0.15) is 0 Å². The highest BCUT2D eigenvalue weighted by Gasteiger charge is 2.22. The SMILES string of the molecule is COc1cc([N+](=O)[O-])ccc1NC(=O)[C@H](C)N(C)CC(=O)Nc1ccc(Cl)cc1. The smallest absolute Gasteiger partial charge is 0.273 e. The zero-order valence-electron chi connectivity index (χ0n) is 16.1. The van der Waals surface area contributed by atoms with Crippen LogP contribution >= 0.6 is 11.6 Å². The normalized spacial score (nSPS) is 11.6. The Bertz CT molecular complexity index is 904. The van der Waals surface area contributed by atoms with Crippen LogP contribution in [0, 0.1) is 10.1 Å². The summed E-state index contributed by atoms with van der Waals surface area (Å²) < 4.78 is 5.11. The van der Waals surface area contributed by atoms with Crippen molar-refractivity contribution in [3.8, 4) is 5.75 Å². The fourth-order valence-electron chi connectivity index (χ4n) is 2.43. The lowest BCUT2D eigenvalue weighted by atomic mass is 10.2. The minimum absolute atomic E-state index is 0.0192. The Morgan fingerprint density at radius 2 is 1.86 bits per heavy atom. The molecule has 10 heteroatoms. The molecule has 0 heterocycles. The van der Waals surface area contributed by atoms with Crippen molar-refractivity contribution in [2.24, 2.45) is 0 Å². The Labute approximate surface area is 172 Å². The summed E-state index contributed by atoms with van der Waals surface area (Å²) >= 11 is 5.81. The number of non-ortho nitro benzene ring substituents is 1. The lowest BCUT2D eigenvalue weighted by Crippen LogP contribution is -2.43. The van der Waals surface area contributed by atoms with Gasteiger partial charge in [-0.3, -0.25) is 24.6 Å². The van der Waals surface area contributed by atoms with Crippen molar-refractivity contribution in [3.63, 3.8) is 0 Å². The number of nitro benzene ring substituents is 1. The van der Waals surface area contributed by atoms with Gasteiger partial charge in [-0.1, -0.05) is 11.6 Å². The number of rotatable bonds is 8. The zero-order valence-corrected chi connectivity index (χ0v) is 16.9. The van der Waals surface area contributed by atoms with Gasteiger partial charge in [-0.15, -0.1) is 0 Å². The summed E-state index contributed by atoms with van der Waals surface area (Å²) in [5, 5.41) is 16.8. The average Bonchev–Trinajstić information content (AvgIpc) is 2.69. The fraction of sp³-hybridized carbons (Fsp3) is 0.263. The van der Waals surface area contributed by atoms with E-state index in [1.807, 2.05) is 0 Å². The van der Waals surface area contributed by atoms with Crippen LogP contribution in [0.5, 0.6) is 5.75 Å². The highest BCUT2D eigenvalue weighted by atomic mass is 35.5. The number of nitrogens with one attached hydrogen (secondary N) is 2. The molecule has 0 aliphatic carbocycles. The second-order valence-corrected chi connectivity index (χ2v) is 6.71. The molecule has 0 spiro atoms. The topological polar surface area (TPSA) is 114 Å². The van der Waals surface area contributed by atoms with Crippen LogP contribution in [0.15, 0.2) is 42.5 Å². The first kappa shape index (κ1) is 22.1. The van der Waals surface area contributed by atoms with Gasteiger partial charge in [0.05, 0.1) is 36.4 Å². The summed E-state index contributed by atoms with van der Waals surface area (Å²) in [5.74, 6) is -0.510. The summed E-state index contributed by atoms with van der Waals surface area (Å²) in [6, 6.07) is 9.92. The van der Waals surface area contributed by atoms with Crippen molar-refractivity contribution in [3.05, 3.63) is 57.6 Å². The summed E-state index contributed by atoms with van der Waals surface area (Å²) in [6.07, 6.45) is 0. The minimum atomic E-state index is -0.647. The molecule has 0 saturated carbocycles. The van der Waals surface area contributed by atoms with Crippen molar-refractivity contribution < 1.29 is 19.2 Å². The Morgan fingerprint density at radius 3 is 2.45 bits per heavy atom. The number of carbonyl (C=O) groups excluding carboxylic acids is 2. The Balaban J connectivity index is 1.97. The van der Waals surface area contributed by atoms with Crippen LogP contribution in [0.1, 0.15) is 6.92 Å². The van der Waals surface area contributed by atoms with Gasteiger partial charge in [0, 0.05) is 16.8 Å². The van der Waals surface area contributed by atoms with Crippen molar-refractivity contribution in [1.82, 2.24) is 4.90 Å². The predicted molar refractivity (Wildman–Crippen MR) is 110 cm³/mol. The number of benzene rings is 2. The zero-order chi connectivity index (χ0) is 21.6. The molecule has 0 saturated heterocycles. The lowest BCUT2D eigenvalue weighted by molar-refractivity contribution is -0.384. The highest BCUT2D eigenvalue weighted by molar-refractivity contribution is 6.30. The van der Waals surface area contributed by atoms with Gasteiger partial charge in [-0.25, -0.2) is 0 Å². The van der Waals surface area contributed by atoms with Gasteiger partial charge < -0.3 is 15.4 Å². The first-order valence-electron chi connectivity index (χ1n) is 8.60. The van der Waals surface area contributed by atoms with Crippen molar-refractivity contribution in [2.75, 3.05) is 31.3 Å². The molecule has 0 aliphatic heterocycles. The van der Waals surface area contributed by atoms with Crippen molar-refractivity contribution >= 4 is 40.5 Å². The number of hydrogen-bond donors (Lipinski definition) is 2. The number of likely N-dealkylation sites (N-methyl/N-ethyl adjacent to an activating group) is 1. The quantitative estimate of drug-likeness (QED) is 0.501. The largest absolute Gasteiger partial charge is 0.494 e. The second-order valence-electron chi connectivity index (χ2n) is 6.28. The van der Waals surface area contributed by atoms with E-state index in [0.29, 0.717) is 16.4 Å². The summed E-state index contributed by atoms with van der Waals surface area (Å²) in [7, 11) is 2.99. The Kier molecular flexibility index (Phi) is 7.52. The molecule has 29 heavy (non-hydrogen) atoms. The molecular weight excluding hydrogens is 400 g/mol. The predicted octanol–water partition coefficient (Wildman–Crippen LogP) is 3.15. The van der Waals surface area contributed by atoms with Gasteiger partial charge in [0.1, 0.15) is 5.75 Å². The minimum Gasteiger partial charge on any atom is -0.494 e. The molecule has 2 N–H and O–H groups in total. The molecule has 9 nitrogen and oxygen atoms in total. The van der Waals surface area contributed by atoms with E-state index in [9.17, 15) is 19.7 Å². The van der Waals surface area contributed by atoms with Crippen LogP contribution < -0.4 is 15.4 Å². The maximum Gasteiger partial charge on any atom is 0.273 e. The number of ether oxygens (including phenoxy) is 1. The average molecular weight is 421 g/mol. The molecule has 2 rings (SSSR count). The first-order valence-corrected chi connectivity index (χ1v) is 8.98. The molecule has 0 radical (unpaired) electrons. The Morgan fingerprint density at radius 1 is 1.21 bits per heavy atom. The van der Waals surface area contributed by atoms with Gasteiger partial charge >= 0.3 is 0 Å². The van der Waals surface area contributed by atoms with Gasteiger partial charge in [0.15, 0.2) is 0 Å². The number of nitro groups is 1. The van der Waals surface area contributed by atoms with Gasteiger partial charge in [0.25, 0.3) is 5.69 Å². The molecule has 154 valence electrons. The summed E-state index contributed by atoms with van der Waals surface area (Å²) in [5.41, 5.74) is 0.748. The van der Waals surface area contributed by atoms with Gasteiger partial charge in [0.2, 0.25) is 11.8 Å². The molecular formula is C19H21ClN4O5. The number of hydrogen-bond acceptors (Lipinski definition) is 6. The van der Waals surface area contributed by atoms with Crippen LogP contribution in [0.2, 0.25) is 5.02 Å². The molecule has 1 atom stereocenters. The van der Waals surface area contributed by atoms with E-state index in [-0.39, 0.29) is 29.8 Å². The lowest BCUT2D eigenvalue weighted by Gasteiger charge is -2.23. The molecule has 0 aliphatic rings. The molecule has 0 bridgehead atoms. The van der Waals surface area contributed by atoms with E-state index in [2.05, 4.69) is 10.6 Å². The molecule has 2 aromatic rings. The van der Waals surface area contributed by atoms with E-state index in [4.69, 9.17) is 16.3 Å². The van der Waals surface area contributed by atoms with E-state index < -0.39 is 11.0 Å². The molecule has 0 fully saturated rings. The monoisotopic (exact) mass is 420 g/mol. The fourth-order valence-corrected chi connectivity index (χ4v) is 2.56. The van der Waals surface area contributed by atoms with E-state index in [1.54, 1.807) is 43.1 Å². The molecule has 0 unspecified atom stereocenters. The third-order valence-corrected chi connectivity index (χ3v) is 4.47.